The molecule has 0 saturated carbocycles. The summed E-state index contributed by atoms with van der Waals surface area (Å²) >= 11 is 0. The molecule has 0 saturated heterocycles. The van der Waals surface area contributed by atoms with E-state index in [-0.39, 0.29) is 0 Å². The Labute approximate surface area is 240 Å². The van der Waals surface area contributed by atoms with Crippen molar-refractivity contribution in [2.24, 2.45) is 0 Å². The molecule has 3 N–H and O–H groups in total. The van der Waals surface area contributed by atoms with Crippen molar-refractivity contribution in [2.75, 3.05) is 54.4 Å². The van der Waals surface area contributed by atoms with Gasteiger partial charge in [-0.25, -0.2) is 0 Å². The molecule has 0 unspecified atom stereocenters. The molecular formula is C33H48N4O3. The normalized spacial score (nSPS) is 11.9. The van der Waals surface area contributed by atoms with Gasteiger partial charge in [0, 0.05) is 74.6 Å². The van der Waals surface area contributed by atoms with Crippen molar-refractivity contribution in [1.29, 1.82) is 0 Å². The van der Waals surface area contributed by atoms with Gasteiger partial charge in [0.1, 0.15) is 17.2 Å². The van der Waals surface area contributed by atoms with Crippen LogP contribution in [0.2, 0.25) is 0 Å². The first-order valence-electron chi connectivity index (χ1n) is 14.0. The van der Waals surface area contributed by atoms with E-state index in [1.807, 2.05) is 38.1 Å². The summed E-state index contributed by atoms with van der Waals surface area (Å²) < 4.78 is 0. The van der Waals surface area contributed by atoms with E-state index in [0.717, 1.165) is 65.1 Å². The predicted molar refractivity (Wildman–Crippen MR) is 164 cm³/mol. The highest BCUT2D eigenvalue weighted by Gasteiger charge is 2.18. The molecule has 218 valence electrons. The summed E-state index contributed by atoms with van der Waals surface area (Å²) in [7, 11) is 8.22. The zero-order valence-electron chi connectivity index (χ0n) is 25.4. The van der Waals surface area contributed by atoms with E-state index < -0.39 is 0 Å². The molecule has 0 radical (unpaired) electrons. The molecule has 3 rings (SSSR count). The van der Waals surface area contributed by atoms with Gasteiger partial charge in [-0.2, -0.15) is 0 Å². The number of likely N-dealkylation sites (N-methyl/N-ethyl adjacent to an activating group) is 2. The number of hydrogen-bond donors (Lipinski definition) is 3. The summed E-state index contributed by atoms with van der Waals surface area (Å²) in [6, 6.07) is 15.5. The fraction of sp³-hybridized carbons (Fsp3) is 0.455. The standard InChI is InChI=1S/C33H48N4O3/c1-24-8-10-31(38)27(16-24)20-36(14-12-34(4)5)22-29-18-26(3)19-30(33(29)40)23-37(15-13-35(6)7)21-28-17-25(2)9-11-32(28)39/h8-11,16-19,38-40H,12-15,20-23H2,1-7H3. The Hall–Kier alpha value is -3.10. The fourth-order valence-electron chi connectivity index (χ4n) is 4.93. The van der Waals surface area contributed by atoms with E-state index >= 15 is 0 Å². The summed E-state index contributed by atoms with van der Waals surface area (Å²) in [5, 5.41) is 32.5. The van der Waals surface area contributed by atoms with Gasteiger partial charge in [-0.05, 0) is 61.1 Å². The molecule has 0 fully saturated rings. The topological polar surface area (TPSA) is 73.7 Å². The third-order valence-corrected chi connectivity index (χ3v) is 7.18. The molecule has 3 aromatic rings. The number of phenolic OH excluding ortho intramolecular Hbond substituents is 3. The molecule has 0 amide bonds. The maximum Gasteiger partial charge on any atom is 0.124 e. The second kappa shape index (κ2) is 14.5. The van der Waals surface area contributed by atoms with Gasteiger partial charge in [-0.1, -0.05) is 53.1 Å². The third-order valence-electron chi connectivity index (χ3n) is 7.18. The highest BCUT2D eigenvalue weighted by molar-refractivity contribution is 5.44. The van der Waals surface area contributed by atoms with Crippen LogP contribution in [0.4, 0.5) is 0 Å². The molecule has 0 aromatic heterocycles. The number of aryl methyl sites for hydroxylation is 3. The average molecular weight is 549 g/mol. The second-order valence-corrected chi connectivity index (χ2v) is 11.7. The summed E-state index contributed by atoms with van der Waals surface area (Å²) in [6.07, 6.45) is 0. The van der Waals surface area contributed by atoms with Crippen LogP contribution in [0.25, 0.3) is 0 Å². The van der Waals surface area contributed by atoms with Crippen LogP contribution in [0, 0.1) is 20.8 Å². The fourth-order valence-corrected chi connectivity index (χ4v) is 4.93. The first-order chi connectivity index (χ1) is 18.9. The Kier molecular flexibility index (Phi) is 11.4. The van der Waals surface area contributed by atoms with Gasteiger partial charge in [-0.15, -0.1) is 0 Å². The molecule has 40 heavy (non-hydrogen) atoms. The molecular weight excluding hydrogens is 500 g/mol. The Bertz CT molecular complexity index is 1170. The number of phenols is 3. The van der Waals surface area contributed by atoms with Crippen molar-refractivity contribution in [3.05, 3.63) is 87.5 Å². The lowest BCUT2D eigenvalue weighted by molar-refractivity contribution is 0.216. The minimum atomic E-state index is 0.297. The highest BCUT2D eigenvalue weighted by atomic mass is 16.3. The van der Waals surface area contributed by atoms with E-state index in [1.54, 1.807) is 12.1 Å². The Balaban J connectivity index is 1.88. The monoisotopic (exact) mass is 548 g/mol. The Morgan fingerprint density at radius 2 is 0.825 bits per heavy atom. The lowest BCUT2D eigenvalue weighted by Crippen LogP contribution is -2.32. The van der Waals surface area contributed by atoms with Gasteiger partial charge in [0.05, 0.1) is 0 Å². The van der Waals surface area contributed by atoms with Crippen LogP contribution in [0.15, 0.2) is 48.5 Å². The predicted octanol–water partition coefficient (Wildman–Crippen LogP) is 4.86. The Morgan fingerprint density at radius 1 is 0.475 bits per heavy atom. The number of hydrogen-bond acceptors (Lipinski definition) is 7. The lowest BCUT2D eigenvalue weighted by Gasteiger charge is -2.28. The van der Waals surface area contributed by atoms with Crippen LogP contribution in [-0.4, -0.2) is 89.3 Å². The molecule has 7 heteroatoms. The molecule has 0 spiro atoms. The van der Waals surface area contributed by atoms with Crippen molar-refractivity contribution in [3.63, 3.8) is 0 Å². The zero-order chi connectivity index (χ0) is 29.4. The van der Waals surface area contributed by atoms with E-state index in [4.69, 9.17) is 0 Å². The highest BCUT2D eigenvalue weighted by Crippen LogP contribution is 2.30. The van der Waals surface area contributed by atoms with Crippen LogP contribution in [0.3, 0.4) is 0 Å². The van der Waals surface area contributed by atoms with Crippen molar-refractivity contribution >= 4 is 0 Å². The third kappa shape index (κ3) is 9.52. The summed E-state index contributed by atoms with van der Waals surface area (Å²) in [6.45, 7) is 11.8. The average Bonchev–Trinajstić information content (AvgIpc) is 2.88. The van der Waals surface area contributed by atoms with Crippen LogP contribution in [0.1, 0.15) is 38.9 Å². The van der Waals surface area contributed by atoms with Gasteiger partial charge >= 0.3 is 0 Å². The van der Waals surface area contributed by atoms with Crippen LogP contribution in [-0.2, 0) is 26.2 Å². The van der Waals surface area contributed by atoms with Gasteiger partial charge in [0.2, 0.25) is 0 Å². The van der Waals surface area contributed by atoms with E-state index in [0.29, 0.717) is 43.4 Å². The quantitative estimate of drug-likeness (QED) is 0.266. The van der Waals surface area contributed by atoms with E-state index in [9.17, 15) is 15.3 Å². The molecule has 0 heterocycles. The van der Waals surface area contributed by atoms with Gasteiger partial charge in [-0.3, -0.25) is 9.80 Å². The Morgan fingerprint density at radius 3 is 1.20 bits per heavy atom. The molecule has 0 bridgehead atoms. The van der Waals surface area contributed by atoms with Gasteiger partial charge in [0.25, 0.3) is 0 Å². The molecule has 0 aliphatic carbocycles. The zero-order valence-corrected chi connectivity index (χ0v) is 25.4. The largest absolute Gasteiger partial charge is 0.508 e. The van der Waals surface area contributed by atoms with Gasteiger partial charge in [0.15, 0.2) is 0 Å². The molecule has 3 aromatic carbocycles. The molecule has 7 nitrogen and oxygen atoms in total. The SMILES string of the molecule is Cc1ccc(O)c(CN(CCN(C)C)Cc2cc(C)cc(CN(CCN(C)C)Cc3cc(C)ccc3O)c2O)c1. The maximum atomic E-state index is 11.5. The number of benzene rings is 3. The summed E-state index contributed by atoms with van der Waals surface area (Å²) in [5.41, 5.74) is 6.85. The lowest BCUT2D eigenvalue weighted by atomic mass is 10.0. The summed E-state index contributed by atoms with van der Waals surface area (Å²) in [5.74, 6) is 0.910. The number of aromatic hydroxyl groups is 3. The van der Waals surface area contributed by atoms with Crippen molar-refractivity contribution in [3.8, 4) is 17.2 Å². The summed E-state index contributed by atoms with van der Waals surface area (Å²) in [4.78, 5) is 8.85. The maximum absolute atomic E-state index is 11.5. The van der Waals surface area contributed by atoms with Crippen LogP contribution >= 0.6 is 0 Å². The van der Waals surface area contributed by atoms with Crippen LogP contribution in [0.5, 0.6) is 17.2 Å². The minimum Gasteiger partial charge on any atom is -0.508 e. The van der Waals surface area contributed by atoms with Gasteiger partial charge < -0.3 is 25.1 Å². The van der Waals surface area contributed by atoms with E-state index in [2.05, 4.69) is 66.8 Å². The first kappa shape index (κ1) is 31.4. The van der Waals surface area contributed by atoms with Crippen molar-refractivity contribution in [2.45, 2.75) is 47.0 Å². The van der Waals surface area contributed by atoms with Crippen LogP contribution < -0.4 is 0 Å². The minimum absolute atomic E-state index is 0.297. The molecule has 0 aliphatic rings. The number of rotatable bonds is 14. The van der Waals surface area contributed by atoms with Crippen molar-refractivity contribution < 1.29 is 15.3 Å². The van der Waals surface area contributed by atoms with E-state index in [1.165, 1.54) is 0 Å². The number of nitrogens with zero attached hydrogens (tertiary/aromatic N) is 4. The first-order valence-corrected chi connectivity index (χ1v) is 14.0. The molecule has 0 atom stereocenters. The van der Waals surface area contributed by atoms with Crippen molar-refractivity contribution in [1.82, 2.24) is 19.6 Å². The molecule has 0 aliphatic heterocycles. The second-order valence-electron chi connectivity index (χ2n) is 11.7. The smallest absolute Gasteiger partial charge is 0.124 e.